The first-order chi connectivity index (χ1) is 11.5. The number of halogens is 3. The number of ether oxygens (including phenoxy) is 1. The lowest BCUT2D eigenvalue weighted by atomic mass is 10.2. The fourth-order valence-electron chi connectivity index (χ4n) is 1.92. The minimum atomic E-state index is -2.85. The first-order valence-electron chi connectivity index (χ1n) is 6.65. The van der Waals surface area contributed by atoms with Crippen LogP contribution in [-0.2, 0) is 5.75 Å². The van der Waals surface area contributed by atoms with E-state index in [-0.39, 0.29) is 5.75 Å². The van der Waals surface area contributed by atoms with Crippen molar-refractivity contribution < 1.29 is 13.5 Å². The molecule has 0 bridgehead atoms. The van der Waals surface area contributed by atoms with Gasteiger partial charge in [-0.1, -0.05) is 11.8 Å². The summed E-state index contributed by atoms with van der Waals surface area (Å²) in [6.07, 6.45) is 0. The minimum absolute atomic E-state index is 0.0784. The number of nitrogens with zero attached hydrogens (tertiary/aromatic N) is 3. The van der Waals surface area contributed by atoms with E-state index in [0.717, 1.165) is 9.54 Å². The lowest BCUT2D eigenvalue weighted by Gasteiger charge is -2.06. The Bertz CT molecular complexity index is 823. The van der Waals surface area contributed by atoms with Crippen LogP contribution in [0.25, 0.3) is 11.4 Å². The highest BCUT2D eigenvalue weighted by Gasteiger charge is 2.13. The van der Waals surface area contributed by atoms with Crippen LogP contribution >= 0.6 is 39.0 Å². The van der Waals surface area contributed by atoms with Crippen LogP contribution < -0.4 is 10.6 Å². The van der Waals surface area contributed by atoms with Gasteiger partial charge in [0.05, 0.1) is 3.79 Å². The Morgan fingerprint density at radius 1 is 1.21 bits per heavy atom. The highest BCUT2D eigenvalue weighted by atomic mass is 79.9. The van der Waals surface area contributed by atoms with Gasteiger partial charge in [-0.15, -0.1) is 21.5 Å². The Morgan fingerprint density at radius 3 is 2.58 bits per heavy atom. The van der Waals surface area contributed by atoms with Crippen LogP contribution in [0.15, 0.2) is 45.3 Å². The third kappa shape index (κ3) is 4.05. The second kappa shape index (κ2) is 7.49. The SMILES string of the molecule is Nn1c(SCc2ccc(Br)s2)nnc1-c1ccc(OC(F)F)cc1. The molecule has 0 aliphatic rings. The molecule has 0 spiro atoms. The molecular weight excluding hydrogens is 422 g/mol. The summed E-state index contributed by atoms with van der Waals surface area (Å²) in [5, 5.41) is 8.72. The second-order valence-corrected chi connectivity index (χ2v) is 8.06. The van der Waals surface area contributed by atoms with E-state index in [2.05, 4.69) is 30.9 Å². The standard InChI is InChI=1S/C14H11BrF2N4OS2/c15-11-6-5-10(24-11)7-23-14-20-19-12(21(14)18)8-1-3-9(4-2-8)22-13(16)17/h1-6,13H,7,18H2. The highest BCUT2D eigenvalue weighted by Crippen LogP contribution is 2.29. The molecule has 2 aromatic heterocycles. The quantitative estimate of drug-likeness (QED) is 0.462. The number of hydrogen-bond acceptors (Lipinski definition) is 6. The number of thiophene rings is 1. The number of nitrogens with two attached hydrogens (primary N) is 1. The molecule has 24 heavy (non-hydrogen) atoms. The second-order valence-electron chi connectivity index (χ2n) is 4.57. The normalized spacial score (nSPS) is 11.2. The van der Waals surface area contributed by atoms with Gasteiger partial charge in [-0.25, -0.2) is 4.68 Å². The lowest BCUT2D eigenvalue weighted by molar-refractivity contribution is -0.0498. The Kier molecular flexibility index (Phi) is 5.36. The molecule has 3 aromatic rings. The van der Waals surface area contributed by atoms with Crippen molar-refractivity contribution in [3.05, 3.63) is 45.1 Å². The average Bonchev–Trinajstić information content (AvgIpc) is 3.12. The molecule has 3 rings (SSSR count). The third-order valence-electron chi connectivity index (χ3n) is 2.97. The zero-order valence-corrected chi connectivity index (χ0v) is 15.2. The summed E-state index contributed by atoms with van der Waals surface area (Å²) in [5.74, 6) is 7.30. The molecule has 0 aliphatic carbocycles. The van der Waals surface area contributed by atoms with Gasteiger partial charge in [0.15, 0.2) is 5.82 Å². The van der Waals surface area contributed by atoms with Crippen LogP contribution in [0, 0.1) is 0 Å². The maximum atomic E-state index is 12.2. The first kappa shape index (κ1) is 17.2. The summed E-state index contributed by atoms with van der Waals surface area (Å²) in [4.78, 5) is 1.19. The summed E-state index contributed by atoms with van der Waals surface area (Å²) in [6.45, 7) is -2.85. The Balaban J connectivity index is 1.72. The minimum Gasteiger partial charge on any atom is -0.435 e. The zero-order valence-electron chi connectivity index (χ0n) is 12.0. The summed E-state index contributed by atoms with van der Waals surface area (Å²) in [7, 11) is 0. The molecule has 0 saturated heterocycles. The predicted molar refractivity (Wildman–Crippen MR) is 93.8 cm³/mol. The maximum absolute atomic E-state index is 12.2. The number of alkyl halides is 2. The fourth-order valence-corrected chi connectivity index (χ4v) is 4.31. The van der Waals surface area contributed by atoms with Crippen molar-refractivity contribution in [2.24, 2.45) is 0 Å². The summed E-state index contributed by atoms with van der Waals surface area (Å²) in [6, 6.07) is 10.1. The monoisotopic (exact) mass is 432 g/mol. The van der Waals surface area contributed by atoms with E-state index in [9.17, 15) is 8.78 Å². The van der Waals surface area contributed by atoms with Crippen molar-refractivity contribution >= 4 is 39.0 Å². The third-order valence-corrected chi connectivity index (χ3v) is 5.77. The molecule has 2 N–H and O–H groups in total. The van der Waals surface area contributed by atoms with Gasteiger partial charge in [-0.2, -0.15) is 8.78 Å². The summed E-state index contributed by atoms with van der Waals surface area (Å²) < 4.78 is 31.1. The summed E-state index contributed by atoms with van der Waals surface area (Å²) >= 11 is 6.54. The van der Waals surface area contributed by atoms with E-state index in [1.54, 1.807) is 23.5 Å². The van der Waals surface area contributed by atoms with Crippen LogP contribution in [0.4, 0.5) is 8.78 Å². The van der Waals surface area contributed by atoms with Crippen molar-refractivity contribution in [3.63, 3.8) is 0 Å². The molecule has 1 aromatic carbocycles. The van der Waals surface area contributed by atoms with Crippen LogP contribution in [0.2, 0.25) is 0 Å². The maximum Gasteiger partial charge on any atom is 0.387 e. The molecule has 0 amide bonds. The van der Waals surface area contributed by atoms with E-state index in [1.807, 2.05) is 12.1 Å². The molecular formula is C14H11BrF2N4OS2. The zero-order chi connectivity index (χ0) is 17.1. The Hall–Kier alpha value is -1.65. The van der Waals surface area contributed by atoms with Gasteiger partial charge in [0, 0.05) is 16.2 Å². The largest absolute Gasteiger partial charge is 0.435 e. The van der Waals surface area contributed by atoms with Crippen LogP contribution in [0.3, 0.4) is 0 Å². The number of nitrogen functional groups attached to an aromatic ring is 1. The topological polar surface area (TPSA) is 66.0 Å². The van der Waals surface area contributed by atoms with E-state index < -0.39 is 6.61 Å². The van der Waals surface area contributed by atoms with Crippen LogP contribution in [-0.4, -0.2) is 21.5 Å². The molecule has 5 nitrogen and oxygen atoms in total. The number of benzene rings is 1. The number of rotatable bonds is 6. The van der Waals surface area contributed by atoms with Gasteiger partial charge in [0.25, 0.3) is 0 Å². The molecule has 0 unspecified atom stereocenters. The van der Waals surface area contributed by atoms with Gasteiger partial charge in [0.1, 0.15) is 5.75 Å². The first-order valence-corrected chi connectivity index (χ1v) is 9.25. The molecule has 0 radical (unpaired) electrons. The molecule has 0 saturated carbocycles. The number of thioether (sulfide) groups is 1. The molecule has 10 heteroatoms. The molecule has 2 heterocycles. The average molecular weight is 433 g/mol. The van der Waals surface area contributed by atoms with Gasteiger partial charge >= 0.3 is 6.61 Å². The lowest BCUT2D eigenvalue weighted by Crippen LogP contribution is -2.11. The van der Waals surface area contributed by atoms with E-state index >= 15 is 0 Å². The molecule has 0 atom stereocenters. The molecule has 0 aliphatic heterocycles. The van der Waals surface area contributed by atoms with Crippen LogP contribution in [0.5, 0.6) is 5.75 Å². The Morgan fingerprint density at radius 2 is 1.96 bits per heavy atom. The van der Waals surface area contributed by atoms with Gasteiger partial charge in [-0.3, -0.25) is 0 Å². The van der Waals surface area contributed by atoms with Crippen molar-refractivity contribution in [1.82, 2.24) is 14.9 Å². The molecule has 0 fully saturated rings. The van der Waals surface area contributed by atoms with Crippen molar-refractivity contribution in [2.75, 3.05) is 5.84 Å². The molecule has 126 valence electrons. The van der Waals surface area contributed by atoms with Crippen molar-refractivity contribution in [1.29, 1.82) is 0 Å². The van der Waals surface area contributed by atoms with Crippen molar-refractivity contribution in [2.45, 2.75) is 17.5 Å². The number of hydrogen-bond donors (Lipinski definition) is 1. The van der Waals surface area contributed by atoms with Gasteiger partial charge < -0.3 is 10.6 Å². The highest BCUT2D eigenvalue weighted by molar-refractivity contribution is 9.11. The van der Waals surface area contributed by atoms with Gasteiger partial charge in [0.2, 0.25) is 5.16 Å². The fraction of sp³-hybridized carbons (Fsp3) is 0.143. The predicted octanol–water partition coefficient (Wildman–Crippen LogP) is 4.38. The van der Waals surface area contributed by atoms with E-state index in [1.165, 1.54) is 33.4 Å². The van der Waals surface area contributed by atoms with Crippen molar-refractivity contribution in [3.8, 4) is 17.1 Å². The Labute approximate surface area is 152 Å². The van der Waals surface area contributed by atoms with E-state index in [0.29, 0.717) is 16.5 Å². The van der Waals surface area contributed by atoms with E-state index in [4.69, 9.17) is 5.84 Å². The van der Waals surface area contributed by atoms with Crippen LogP contribution in [0.1, 0.15) is 4.88 Å². The smallest absolute Gasteiger partial charge is 0.387 e. The summed E-state index contributed by atoms with van der Waals surface area (Å²) in [5.41, 5.74) is 0.664. The number of aromatic nitrogens is 3. The van der Waals surface area contributed by atoms with Gasteiger partial charge in [-0.05, 0) is 52.3 Å².